The normalized spacial score (nSPS) is 10.3. The van der Waals surface area contributed by atoms with Gasteiger partial charge in [0.25, 0.3) is 5.91 Å². The summed E-state index contributed by atoms with van der Waals surface area (Å²) >= 11 is 0. The fourth-order valence-electron chi connectivity index (χ4n) is 2.91. The van der Waals surface area contributed by atoms with Crippen LogP contribution in [0.15, 0.2) is 48.5 Å². The number of Topliss-reactive ketones (excluding diaryl/α,β-unsaturated/α-hetero) is 1. The van der Waals surface area contributed by atoms with Crippen LogP contribution in [-0.2, 0) is 20.7 Å². The van der Waals surface area contributed by atoms with Crippen LogP contribution in [0.1, 0.15) is 54.9 Å². The van der Waals surface area contributed by atoms with Crippen LogP contribution in [0.2, 0.25) is 0 Å². The molecule has 30 heavy (non-hydrogen) atoms. The number of esters is 1. The lowest BCUT2D eigenvalue weighted by atomic mass is 10.0. The average Bonchev–Trinajstić information content (AvgIpc) is 2.76. The van der Waals surface area contributed by atoms with Crippen molar-refractivity contribution in [3.05, 3.63) is 59.7 Å². The second-order valence-corrected chi connectivity index (χ2v) is 7.02. The molecule has 6 nitrogen and oxygen atoms in total. The number of aryl methyl sites for hydroxylation is 1. The summed E-state index contributed by atoms with van der Waals surface area (Å²) in [4.78, 5) is 36.0. The zero-order valence-corrected chi connectivity index (χ0v) is 17.6. The molecule has 0 saturated heterocycles. The number of carbonyl (C=O) groups is 3. The van der Waals surface area contributed by atoms with Crippen LogP contribution in [-0.4, -0.2) is 31.4 Å². The molecule has 0 saturated carbocycles. The summed E-state index contributed by atoms with van der Waals surface area (Å²) in [6, 6.07) is 14.4. The van der Waals surface area contributed by atoms with Crippen molar-refractivity contribution in [1.82, 2.24) is 0 Å². The topological polar surface area (TPSA) is 81.7 Å². The number of methoxy groups -OCH3 is 1. The van der Waals surface area contributed by atoms with Crippen molar-refractivity contribution in [2.24, 2.45) is 0 Å². The lowest BCUT2D eigenvalue weighted by molar-refractivity contribution is -0.147. The standard InChI is InChI=1S/C24H29NO5/c1-3-4-5-7-18-10-12-19(13-11-18)22(26)14-15-24(28)30-17-23(27)25-20-8-6-9-21(16-20)29-2/h6,8-13,16H,3-5,7,14-15,17H2,1-2H3,(H,25,27). The van der Waals surface area contributed by atoms with E-state index in [1.54, 1.807) is 36.4 Å². The minimum absolute atomic E-state index is 0.0471. The fraction of sp³-hybridized carbons (Fsp3) is 0.375. The Kier molecular flexibility index (Phi) is 9.58. The highest BCUT2D eigenvalue weighted by atomic mass is 16.5. The zero-order chi connectivity index (χ0) is 21.8. The molecule has 0 spiro atoms. The van der Waals surface area contributed by atoms with Crippen LogP contribution < -0.4 is 10.1 Å². The summed E-state index contributed by atoms with van der Waals surface area (Å²) in [5.74, 6) is -0.549. The maximum Gasteiger partial charge on any atom is 0.306 e. The van der Waals surface area contributed by atoms with Crippen LogP contribution in [0.25, 0.3) is 0 Å². The molecular weight excluding hydrogens is 382 g/mol. The minimum atomic E-state index is -0.583. The molecule has 6 heteroatoms. The molecule has 0 atom stereocenters. The van der Waals surface area contributed by atoms with Gasteiger partial charge < -0.3 is 14.8 Å². The van der Waals surface area contributed by atoms with Crippen molar-refractivity contribution in [1.29, 1.82) is 0 Å². The van der Waals surface area contributed by atoms with Gasteiger partial charge in [-0.2, -0.15) is 0 Å². The van der Waals surface area contributed by atoms with Crippen LogP contribution in [0.5, 0.6) is 5.75 Å². The van der Waals surface area contributed by atoms with Crippen molar-refractivity contribution < 1.29 is 23.9 Å². The number of amides is 1. The first-order chi connectivity index (χ1) is 14.5. The Bertz CT molecular complexity index is 845. The Labute approximate surface area is 177 Å². The molecular formula is C24H29NO5. The number of carbonyl (C=O) groups excluding carboxylic acids is 3. The molecule has 0 radical (unpaired) electrons. The van der Waals surface area contributed by atoms with Crippen LogP contribution >= 0.6 is 0 Å². The summed E-state index contributed by atoms with van der Waals surface area (Å²) in [7, 11) is 1.53. The maximum atomic E-state index is 12.3. The highest BCUT2D eigenvalue weighted by Gasteiger charge is 2.12. The van der Waals surface area contributed by atoms with Crippen molar-refractivity contribution in [3.8, 4) is 5.75 Å². The maximum absolute atomic E-state index is 12.3. The number of unbranched alkanes of at least 4 members (excludes halogenated alkanes) is 2. The van der Waals surface area contributed by atoms with E-state index in [0.29, 0.717) is 17.0 Å². The fourth-order valence-corrected chi connectivity index (χ4v) is 2.91. The van der Waals surface area contributed by atoms with Crippen molar-refractivity contribution >= 4 is 23.3 Å². The number of anilines is 1. The molecule has 1 N–H and O–H groups in total. The predicted octanol–water partition coefficient (Wildman–Crippen LogP) is 4.57. The van der Waals surface area contributed by atoms with Crippen molar-refractivity contribution in [2.75, 3.05) is 19.0 Å². The first-order valence-corrected chi connectivity index (χ1v) is 10.2. The van der Waals surface area contributed by atoms with E-state index in [-0.39, 0.29) is 18.6 Å². The van der Waals surface area contributed by atoms with Gasteiger partial charge in [0.05, 0.1) is 13.5 Å². The predicted molar refractivity (Wildman–Crippen MR) is 116 cm³/mol. The molecule has 1 amide bonds. The third-order valence-corrected chi connectivity index (χ3v) is 4.62. The van der Waals surface area contributed by atoms with Gasteiger partial charge in [0, 0.05) is 23.7 Å². The Morgan fingerprint density at radius 1 is 0.967 bits per heavy atom. The second-order valence-electron chi connectivity index (χ2n) is 7.02. The quantitative estimate of drug-likeness (QED) is 0.314. The van der Waals surface area contributed by atoms with E-state index in [0.717, 1.165) is 12.8 Å². The summed E-state index contributed by atoms with van der Waals surface area (Å²) in [6.45, 7) is 1.76. The Balaban J connectivity index is 1.70. The Morgan fingerprint density at radius 3 is 2.43 bits per heavy atom. The first kappa shape index (κ1) is 23.1. The van der Waals surface area contributed by atoms with E-state index in [1.807, 2.05) is 12.1 Å². The van der Waals surface area contributed by atoms with Gasteiger partial charge in [-0.1, -0.05) is 50.1 Å². The molecule has 2 aromatic rings. The van der Waals surface area contributed by atoms with Gasteiger partial charge in [0.15, 0.2) is 12.4 Å². The molecule has 0 aliphatic rings. The van der Waals surface area contributed by atoms with E-state index in [4.69, 9.17) is 9.47 Å². The third-order valence-electron chi connectivity index (χ3n) is 4.62. The van der Waals surface area contributed by atoms with Crippen LogP contribution in [0.4, 0.5) is 5.69 Å². The molecule has 2 rings (SSSR count). The van der Waals surface area contributed by atoms with Gasteiger partial charge in [-0.3, -0.25) is 14.4 Å². The minimum Gasteiger partial charge on any atom is -0.497 e. The van der Waals surface area contributed by atoms with E-state index in [2.05, 4.69) is 12.2 Å². The molecule has 0 aliphatic carbocycles. The zero-order valence-electron chi connectivity index (χ0n) is 17.6. The van der Waals surface area contributed by atoms with E-state index < -0.39 is 18.5 Å². The largest absolute Gasteiger partial charge is 0.497 e. The molecule has 0 aliphatic heterocycles. The highest BCUT2D eigenvalue weighted by Crippen LogP contribution is 2.16. The van der Waals surface area contributed by atoms with E-state index >= 15 is 0 Å². The van der Waals surface area contributed by atoms with Gasteiger partial charge in [-0.15, -0.1) is 0 Å². The second kappa shape index (κ2) is 12.4. The smallest absolute Gasteiger partial charge is 0.306 e. The first-order valence-electron chi connectivity index (χ1n) is 10.2. The van der Waals surface area contributed by atoms with Crippen LogP contribution in [0, 0.1) is 0 Å². The molecule has 0 unspecified atom stereocenters. The lowest BCUT2D eigenvalue weighted by Crippen LogP contribution is -2.21. The Morgan fingerprint density at radius 2 is 1.73 bits per heavy atom. The molecule has 0 fully saturated rings. The average molecular weight is 411 g/mol. The van der Waals surface area contributed by atoms with Crippen molar-refractivity contribution in [2.45, 2.75) is 45.4 Å². The number of ketones is 1. The number of ether oxygens (including phenoxy) is 2. The summed E-state index contributed by atoms with van der Waals surface area (Å²) in [5, 5.41) is 2.62. The SMILES string of the molecule is CCCCCc1ccc(C(=O)CCC(=O)OCC(=O)Nc2cccc(OC)c2)cc1. The van der Waals surface area contributed by atoms with Gasteiger partial charge in [0.2, 0.25) is 0 Å². The van der Waals surface area contributed by atoms with Gasteiger partial charge in [0.1, 0.15) is 5.75 Å². The molecule has 2 aromatic carbocycles. The number of benzene rings is 2. The summed E-state index contributed by atoms with van der Waals surface area (Å²) in [5.41, 5.74) is 2.34. The number of hydrogen-bond acceptors (Lipinski definition) is 5. The summed E-state index contributed by atoms with van der Waals surface area (Å²) < 4.78 is 10.0. The van der Waals surface area contributed by atoms with Gasteiger partial charge >= 0.3 is 5.97 Å². The van der Waals surface area contributed by atoms with Gasteiger partial charge in [-0.05, 0) is 30.5 Å². The van der Waals surface area contributed by atoms with E-state index in [1.165, 1.54) is 25.5 Å². The number of rotatable bonds is 12. The molecule has 0 aromatic heterocycles. The number of nitrogens with one attached hydrogen (secondary N) is 1. The Hall–Kier alpha value is -3.15. The monoisotopic (exact) mass is 411 g/mol. The lowest BCUT2D eigenvalue weighted by Gasteiger charge is -2.08. The van der Waals surface area contributed by atoms with Crippen LogP contribution in [0.3, 0.4) is 0 Å². The molecule has 0 heterocycles. The summed E-state index contributed by atoms with van der Waals surface area (Å²) in [6.07, 6.45) is 4.50. The molecule has 160 valence electrons. The van der Waals surface area contributed by atoms with E-state index in [9.17, 15) is 14.4 Å². The highest BCUT2D eigenvalue weighted by molar-refractivity contribution is 5.98. The molecule has 0 bridgehead atoms. The third kappa shape index (κ3) is 8.07. The van der Waals surface area contributed by atoms with Gasteiger partial charge in [-0.25, -0.2) is 0 Å². The number of hydrogen-bond donors (Lipinski definition) is 1. The van der Waals surface area contributed by atoms with Crippen molar-refractivity contribution in [3.63, 3.8) is 0 Å².